The van der Waals surface area contributed by atoms with Crippen LogP contribution in [0.2, 0.25) is 0 Å². The van der Waals surface area contributed by atoms with Crippen molar-refractivity contribution in [3.05, 3.63) is 23.9 Å². The van der Waals surface area contributed by atoms with E-state index in [-0.39, 0.29) is 6.10 Å². The zero-order valence-corrected chi connectivity index (χ0v) is 11.2. The lowest BCUT2D eigenvalue weighted by Crippen LogP contribution is -2.26. The van der Waals surface area contributed by atoms with E-state index in [4.69, 9.17) is 9.47 Å². The molecule has 1 aromatic rings. The van der Waals surface area contributed by atoms with Gasteiger partial charge in [0.25, 0.3) is 0 Å². The SMILES string of the molecule is CC(C)NCc1ccc(OC2CCOCC2)nc1. The van der Waals surface area contributed by atoms with Crippen molar-refractivity contribution in [3.63, 3.8) is 0 Å². The van der Waals surface area contributed by atoms with Gasteiger partial charge in [-0.2, -0.15) is 0 Å². The van der Waals surface area contributed by atoms with Crippen molar-refractivity contribution >= 4 is 0 Å². The summed E-state index contributed by atoms with van der Waals surface area (Å²) < 4.78 is 11.1. The summed E-state index contributed by atoms with van der Waals surface area (Å²) >= 11 is 0. The predicted molar refractivity (Wildman–Crippen MR) is 70.7 cm³/mol. The molecule has 2 heterocycles. The van der Waals surface area contributed by atoms with Crippen molar-refractivity contribution in [2.75, 3.05) is 13.2 Å². The van der Waals surface area contributed by atoms with E-state index in [1.54, 1.807) is 0 Å². The average molecular weight is 250 g/mol. The van der Waals surface area contributed by atoms with Gasteiger partial charge in [0.15, 0.2) is 0 Å². The smallest absolute Gasteiger partial charge is 0.213 e. The molecular weight excluding hydrogens is 228 g/mol. The molecule has 4 heteroatoms. The van der Waals surface area contributed by atoms with Crippen molar-refractivity contribution in [2.24, 2.45) is 0 Å². The molecule has 0 spiro atoms. The van der Waals surface area contributed by atoms with E-state index >= 15 is 0 Å². The lowest BCUT2D eigenvalue weighted by atomic mass is 10.1. The second-order valence-corrected chi connectivity index (χ2v) is 4.97. The summed E-state index contributed by atoms with van der Waals surface area (Å²) in [6.45, 7) is 6.70. The summed E-state index contributed by atoms with van der Waals surface area (Å²) in [5.41, 5.74) is 1.18. The van der Waals surface area contributed by atoms with Crippen molar-refractivity contribution in [3.8, 4) is 5.88 Å². The predicted octanol–water partition coefficient (Wildman–Crippen LogP) is 2.14. The molecule has 0 aromatic carbocycles. The highest BCUT2D eigenvalue weighted by atomic mass is 16.5. The van der Waals surface area contributed by atoms with E-state index in [9.17, 15) is 0 Å². The molecule has 0 atom stereocenters. The third kappa shape index (κ3) is 4.27. The summed E-state index contributed by atoms with van der Waals surface area (Å²) in [5.74, 6) is 0.718. The lowest BCUT2D eigenvalue weighted by molar-refractivity contribution is 0.0237. The molecule has 0 aliphatic carbocycles. The summed E-state index contributed by atoms with van der Waals surface area (Å²) in [6.07, 6.45) is 4.05. The van der Waals surface area contributed by atoms with E-state index in [0.717, 1.165) is 38.5 Å². The maximum Gasteiger partial charge on any atom is 0.213 e. The van der Waals surface area contributed by atoms with Gasteiger partial charge in [-0.15, -0.1) is 0 Å². The van der Waals surface area contributed by atoms with Gasteiger partial charge in [0.2, 0.25) is 5.88 Å². The van der Waals surface area contributed by atoms with Gasteiger partial charge in [0, 0.05) is 37.7 Å². The van der Waals surface area contributed by atoms with Gasteiger partial charge >= 0.3 is 0 Å². The Hall–Kier alpha value is -1.13. The largest absolute Gasteiger partial charge is 0.474 e. The Morgan fingerprint density at radius 1 is 1.39 bits per heavy atom. The molecule has 1 aromatic heterocycles. The minimum absolute atomic E-state index is 0.255. The van der Waals surface area contributed by atoms with E-state index in [0.29, 0.717) is 6.04 Å². The van der Waals surface area contributed by atoms with Crippen molar-refractivity contribution in [1.29, 1.82) is 0 Å². The number of ether oxygens (including phenoxy) is 2. The summed E-state index contributed by atoms with van der Waals surface area (Å²) in [4.78, 5) is 4.35. The maximum absolute atomic E-state index is 5.82. The molecule has 1 fully saturated rings. The molecule has 100 valence electrons. The van der Waals surface area contributed by atoms with Crippen molar-refractivity contribution < 1.29 is 9.47 Å². The van der Waals surface area contributed by atoms with Crippen LogP contribution in [-0.4, -0.2) is 30.3 Å². The first-order chi connectivity index (χ1) is 8.74. The third-order valence-corrected chi connectivity index (χ3v) is 2.97. The molecule has 1 N–H and O–H groups in total. The molecule has 4 nitrogen and oxygen atoms in total. The topological polar surface area (TPSA) is 43.4 Å². The first kappa shape index (κ1) is 13.3. The Morgan fingerprint density at radius 2 is 2.17 bits per heavy atom. The number of hydrogen-bond acceptors (Lipinski definition) is 4. The summed E-state index contributed by atoms with van der Waals surface area (Å²) in [5, 5.41) is 3.37. The fraction of sp³-hybridized carbons (Fsp3) is 0.643. The second-order valence-electron chi connectivity index (χ2n) is 4.97. The van der Waals surface area contributed by atoms with Gasteiger partial charge in [0.05, 0.1) is 13.2 Å². The number of nitrogens with zero attached hydrogens (tertiary/aromatic N) is 1. The van der Waals surface area contributed by atoms with E-state index in [2.05, 4.69) is 30.2 Å². The molecule has 0 bridgehead atoms. The second kappa shape index (κ2) is 6.71. The van der Waals surface area contributed by atoms with Gasteiger partial charge in [0.1, 0.15) is 6.10 Å². The fourth-order valence-electron chi connectivity index (χ4n) is 1.87. The number of rotatable bonds is 5. The van der Waals surface area contributed by atoms with Crippen LogP contribution < -0.4 is 10.1 Å². The minimum atomic E-state index is 0.255. The molecular formula is C14H22N2O2. The number of hydrogen-bond donors (Lipinski definition) is 1. The van der Waals surface area contributed by atoms with Crippen LogP contribution in [0.25, 0.3) is 0 Å². The summed E-state index contributed by atoms with van der Waals surface area (Å²) in [6, 6.07) is 4.51. The van der Waals surface area contributed by atoms with Crippen molar-refractivity contribution in [2.45, 2.75) is 45.4 Å². The van der Waals surface area contributed by atoms with E-state index in [1.807, 2.05) is 12.3 Å². The van der Waals surface area contributed by atoms with Crippen LogP contribution in [0.15, 0.2) is 18.3 Å². The van der Waals surface area contributed by atoms with Crippen LogP contribution in [0.4, 0.5) is 0 Å². The van der Waals surface area contributed by atoms with Crippen LogP contribution in [0.5, 0.6) is 5.88 Å². The highest BCUT2D eigenvalue weighted by Crippen LogP contribution is 2.15. The molecule has 0 amide bonds. The highest BCUT2D eigenvalue weighted by molar-refractivity contribution is 5.18. The molecule has 1 aliphatic heterocycles. The monoisotopic (exact) mass is 250 g/mol. The summed E-state index contributed by atoms with van der Waals surface area (Å²) in [7, 11) is 0. The Balaban J connectivity index is 1.83. The zero-order valence-electron chi connectivity index (χ0n) is 11.2. The van der Waals surface area contributed by atoms with E-state index < -0.39 is 0 Å². The quantitative estimate of drug-likeness (QED) is 0.869. The molecule has 0 radical (unpaired) electrons. The first-order valence-electron chi connectivity index (χ1n) is 6.67. The van der Waals surface area contributed by atoms with Crippen molar-refractivity contribution in [1.82, 2.24) is 10.3 Å². The van der Waals surface area contributed by atoms with Crippen LogP contribution >= 0.6 is 0 Å². The van der Waals surface area contributed by atoms with Gasteiger partial charge in [-0.05, 0) is 5.56 Å². The molecule has 0 unspecified atom stereocenters. The first-order valence-corrected chi connectivity index (χ1v) is 6.67. The van der Waals surface area contributed by atoms with Gasteiger partial charge in [-0.3, -0.25) is 0 Å². The maximum atomic E-state index is 5.82. The molecule has 1 saturated heterocycles. The molecule has 0 saturated carbocycles. The Morgan fingerprint density at radius 3 is 2.78 bits per heavy atom. The number of nitrogens with one attached hydrogen (secondary N) is 1. The van der Waals surface area contributed by atoms with Gasteiger partial charge in [-0.1, -0.05) is 19.9 Å². The normalized spacial score (nSPS) is 17.1. The molecule has 18 heavy (non-hydrogen) atoms. The third-order valence-electron chi connectivity index (χ3n) is 2.97. The van der Waals surface area contributed by atoms with Crippen LogP contribution in [0, 0.1) is 0 Å². The molecule has 2 rings (SSSR count). The average Bonchev–Trinajstić information content (AvgIpc) is 2.39. The number of pyridine rings is 1. The fourth-order valence-corrected chi connectivity index (χ4v) is 1.87. The standard InChI is InChI=1S/C14H22N2O2/c1-11(2)15-9-12-3-4-14(16-10-12)18-13-5-7-17-8-6-13/h3-4,10-11,13,15H,5-9H2,1-2H3. The minimum Gasteiger partial charge on any atom is -0.474 e. The Kier molecular flexibility index (Phi) is 4.96. The van der Waals surface area contributed by atoms with Gasteiger partial charge in [-0.25, -0.2) is 4.98 Å². The lowest BCUT2D eigenvalue weighted by Gasteiger charge is -2.22. The Bertz CT molecular complexity index is 345. The van der Waals surface area contributed by atoms with Gasteiger partial charge < -0.3 is 14.8 Å². The zero-order chi connectivity index (χ0) is 12.8. The highest BCUT2D eigenvalue weighted by Gasteiger charge is 2.15. The molecule has 1 aliphatic rings. The Labute approximate surface area is 109 Å². The van der Waals surface area contributed by atoms with E-state index in [1.165, 1.54) is 5.56 Å². The van der Waals surface area contributed by atoms with Crippen LogP contribution in [-0.2, 0) is 11.3 Å². The number of aromatic nitrogens is 1. The van der Waals surface area contributed by atoms with Crippen LogP contribution in [0.1, 0.15) is 32.3 Å². The van der Waals surface area contributed by atoms with Crippen LogP contribution in [0.3, 0.4) is 0 Å².